The van der Waals surface area contributed by atoms with Gasteiger partial charge in [-0.15, -0.1) is 0 Å². The fourth-order valence-electron chi connectivity index (χ4n) is 1.72. The van der Waals surface area contributed by atoms with E-state index in [1.807, 2.05) is 30.3 Å². The van der Waals surface area contributed by atoms with E-state index in [1.54, 1.807) is 0 Å². The molecule has 3 nitrogen and oxygen atoms in total. The lowest BCUT2D eigenvalue weighted by Gasteiger charge is -2.23. The lowest BCUT2D eigenvalue weighted by molar-refractivity contribution is 0.0676. The van der Waals surface area contributed by atoms with E-state index in [-0.39, 0.29) is 11.8 Å². The number of carbonyl (C=O) groups excluding carboxylic acids is 1. The molecule has 0 bridgehead atoms. The topological polar surface area (TPSA) is 38.3 Å². The molecule has 3 heteroatoms. The average Bonchev–Trinajstić information content (AvgIpc) is 2.31. The van der Waals surface area contributed by atoms with Crippen LogP contribution in [-0.4, -0.2) is 31.6 Å². The summed E-state index contributed by atoms with van der Waals surface area (Å²) in [4.78, 5) is 11.8. The molecule has 0 aromatic heterocycles. The summed E-state index contributed by atoms with van der Waals surface area (Å²) in [7, 11) is 0. The molecular weight excluding hydrogens is 190 g/mol. The molecule has 80 valence electrons. The smallest absolute Gasteiger partial charge is 0.164 e. The zero-order valence-corrected chi connectivity index (χ0v) is 8.61. The lowest BCUT2D eigenvalue weighted by atomic mass is 10.0. The van der Waals surface area contributed by atoms with Crippen molar-refractivity contribution in [3.05, 3.63) is 35.9 Å². The Labute approximate surface area is 89.4 Å². The number of hydrogen-bond acceptors (Lipinski definition) is 3. The molecule has 1 heterocycles. The first-order chi connectivity index (χ1) is 7.36. The first-order valence-corrected chi connectivity index (χ1v) is 5.25. The highest BCUT2D eigenvalue weighted by Crippen LogP contribution is 2.07. The number of benzene rings is 1. The number of Topliss-reactive ketones (excluding diaryl/α,β-unsaturated/α-hetero) is 1. The molecule has 0 spiro atoms. The second-order valence-electron chi connectivity index (χ2n) is 3.72. The summed E-state index contributed by atoms with van der Waals surface area (Å²) in [6, 6.07) is 9.57. The minimum Gasteiger partial charge on any atom is -0.378 e. The molecule has 1 N–H and O–H groups in total. The van der Waals surface area contributed by atoms with Gasteiger partial charge in [-0.1, -0.05) is 30.3 Å². The maximum Gasteiger partial charge on any atom is 0.164 e. The molecule has 1 atom stereocenters. The summed E-state index contributed by atoms with van der Waals surface area (Å²) in [5.74, 6) is 0.179. The van der Waals surface area contributed by atoms with E-state index in [2.05, 4.69) is 5.32 Å². The molecule has 0 aliphatic carbocycles. The molecule has 15 heavy (non-hydrogen) atoms. The molecule has 0 amide bonds. The van der Waals surface area contributed by atoms with Crippen LogP contribution in [0.5, 0.6) is 0 Å². The van der Waals surface area contributed by atoms with Crippen LogP contribution in [0.4, 0.5) is 0 Å². The highest BCUT2D eigenvalue weighted by Gasteiger charge is 2.17. The monoisotopic (exact) mass is 205 g/mol. The van der Waals surface area contributed by atoms with Crippen LogP contribution in [0, 0.1) is 0 Å². The van der Waals surface area contributed by atoms with Crippen molar-refractivity contribution in [3.8, 4) is 0 Å². The van der Waals surface area contributed by atoms with E-state index in [0.29, 0.717) is 13.0 Å². The van der Waals surface area contributed by atoms with Crippen molar-refractivity contribution in [1.29, 1.82) is 0 Å². The van der Waals surface area contributed by atoms with E-state index in [4.69, 9.17) is 4.74 Å². The fourth-order valence-corrected chi connectivity index (χ4v) is 1.72. The number of ketones is 1. The largest absolute Gasteiger partial charge is 0.378 e. The Kier molecular flexibility index (Phi) is 3.48. The summed E-state index contributed by atoms with van der Waals surface area (Å²) in [6.07, 6.45) is 0.518. The molecule has 1 saturated heterocycles. The van der Waals surface area contributed by atoms with Gasteiger partial charge in [-0.25, -0.2) is 0 Å². The van der Waals surface area contributed by atoms with Crippen molar-refractivity contribution in [3.63, 3.8) is 0 Å². The van der Waals surface area contributed by atoms with Gasteiger partial charge in [0, 0.05) is 24.6 Å². The molecule has 1 aliphatic heterocycles. The Morgan fingerprint density at radius 1 is 1.40 bits per heavy atom. The third-order valence-electron chi connectivity index (χ3n) is 2.53. The van der Waals surface area contributed by atoms with Crippen molar-refractivity contribution in [1.82, 2.24) is 5.32 Å². The van der Waals surface area contributed by atoms with Gasteiger partial charge in [-0.3, -0.25) is 4.79 Å². The van der Waals surface area contributed by atoms with Crippen molar-refractivity contribution in [2.24, 2.45) is 0 Å². The molecule has 0 radical (unpaired) electrons. The zero-order valence-electron chi connectivity index (χ0n) is 8.61. The van der Waals surface area contributed by atoms with Gasteiger partial charge in [0.1, 0.15) is 0 Å². The van der Waals surface area contributed by atoms with E-state index in [0.717, 1.165) is 18.7 Å². The maximum atomic E-state index is 11.8. The van der Waals surface area contributed by atoms with Gasteiger partial charge >= 0.3 is 0 Å². The number of carbonyl (C=O) groups is 1. The first-order valence-electron chi connectivity index (χ1n) is 5.25. The lowest BCUT2D eigenvalue weighted by Crippen LogP contribution is -2.42. The summed E-state index contributed by atoms with van der Waals surface area (Å²) in [6.45, 7) is 2.22. The average molecular weight is 205 g/mol. The summed E-state index contributed by atoms with van der Waals surface area (Å²) >= 11 is 0. The first kappa shape index (κ1) is 10.3. The summed E-state index contributed by atoms with van der Waals surface area (Å²) in [5.41, 5.74) is 0.782. The van der Waals surface area contributed by atoms with Crippen molar-refractivity contribution in [2.45, 2.75) is 12.5 Å². The summed E-state index contributed by atoms with van der Waals surface area (Å²) in [5, 5.41) is 3.27. The molecular formula is C12H15NO2. The molecule has 1 aromatic carbocycles. The number of ether oxygens (including phenoxy) is 1. The van der Waals surface area contributed by atoms with Crippen LogP contribution in [0.25, 0.3) is 0 Å². The van der Waals surface area contributed by atoms with Gasteiger partial charge in [0.15, 0.2) is 5.78 Å². The highest BCUT2D eigenvalue weighted by molar-refractivity contribution is 5.96. The summed E-state index contributed by atoms with van der Waals surface area (Å²) < 4.78 is 5.30. The molecule has 1 fully saturated rings. The van der Waals surface area contributed by atoms with Gasteiger partial charge < -0.3 is 10.1 Å². The van der Waals surface area contributed by atoms with Crippen molar-refractivity contribution < 1.29 is 9.53 Å². The molecule has 1 aromatic rings. The van der Waals surface area contributed by atoms with Crippen LogP contribution in [-0.2, 0) is 4.74 Å². The number of rotatable bonds is 3. The van der Waals surface area contributed by atoms with Gasteiger partial charge in [0.25, 0.3) is 0 Å². The van der Waals surface area contributed by atoms with Gasteiger partial charge in [0.05, 0.1) is 13.2 Å². The van der Waals surface area contributed by atoms with Gasteiger partial charge in [0.2, 0.25) is 0 Å². The highest BCUT2D eigenvalue weighted by atomic mass is 16.5. The quantitative estimate of drug-likeness (QED) is 0.755. The predicted octanol–water partition coefficient (Wildman–Crippen LogP) is 1.25. The Morgan fingerprint density at radius 3 is 2.87 bits per heavy atom. The molecule has 1 unspecified atom stereocenters. The zero-order chi connectivity index (χ0) is 10.5. The van der Waals surface area contributed by atoms with E-state index >= 15 is 0 Å². The number of morpholine rings is 1. The van der Waals surface area contributed by atoms with Crippen LogP contribution in [0.1, 0.15) is 16.8 Å². The minimum atomic E-state index is 0.173. The van der Waals surface area contributed by atoms with Gasteiger partial charge in [-0.05, 0) is 0 Å². The third-order valence-corrected chi connectivity index (χ3v) is 2.53. The fraction of sp³-hybridized carbons (Fsp3) is 0.417. The second kappa shape index (κ2) is 5.05. The number of nitrogens with one attached hydrogen (secondary N) is 1. The maximum absolute atomic E-state index is 11.8. The van der Waals surface area contributed by atoms with E-state index in [9.17, 15) is 4.79 Å². The second-order valence-corrected chi connectivity index (χ2v) is 3.72. The van der Waals surface area contributed by atoms with E-state index < -0.39 is 0 Å². The SMILES string of the molecule is O=C(CC1COCCN1)c1ccccc1. The van der Waals surface area contributed by atoms with Crippen LogP contribution < -0.4 is 5.32 Å². The molecule has 1 aliphatic rings. The van der Waals surface area contributed by atoms with Crippen LogP contribution in [0.2, 0.25) is 0 Å². The Hall–Kier alpha value is -1.19. The van der Waals surface area contributed by atoms with Crippen LogP contribution in [0.3, 0.4) is 0 Å². The van der Waals surface area contributed by atoms with Gasteiger partial charge in [-0.2, -0.15) is 0 Å². The van der Waals surface area contributed by atoms with Crippen LogP contribution >= 0.6 is 0 Å². The Morgan fingerprint density at radius 2 is 2.20 bits per heavy atom. The molecule has 0 saturated carbocycles. The standard InChI is InChI=1S/C12H15NO2/c14-12(10-4-2-1-3-5-10)8-11-9-15-7-6-13-11/h1-5,11,13H,6-9H2. The predicted molar refractivity (Wildman–Crippen MR) is 58.0 cm³/mol. The minimum absolute atomic E-state index is 0.173. The Bertz CT molecular complexity index is 318. The normalized spacial score (nSPS) is 21.2. The molecule has 2 rings (SSSR count). The Balaban J connectivity index is 1.91. The van der Waals surface area contributed by atoms with Crippen LogP contribution in [0.15, 0.2) is 30.3 Å². The van der Waals surface area contributed by atoms with Crippen molar-refractivity contribution in [2.75, 3.05) is 19.8 Å². The van der Waals surface area contributed by atoms with Crippen molar-refractivity contribution >= 4 is 5.78 Å². The van der Waals surface area contributed by atoms with E-state index in [1.165, 1.54) is 0 Å². The third kappa shape index (κ3) is 2.88. The number of hydrogen-bond donors (Lipinski definition) is 1.